The Kier molecular flexibility index (Phi) is 4.45. The van der Waals surface area contributed by atoms with Crippen molar-refractivity contribution in [2.45, 2.75) is 19.9 Å². The van der Waals surface area contributed by atoms with E-state index in [1.54, 1.807) is 17.8 Å². The fourth-order valence-corrected chi connectivity index (χ4v) is 2.45. The highest BCUT2D eigenvalue weighted by Gasteiger charge is 2.15. The molecule has 0 amide bonds. The fraction of sp³-hybridized carbons (Fsp3) is 0.455. The Morgan fingerprint density at radius 2 is 2.42 bits per heavy atom. The molecule has 8 heteroatoms. The fourth-order valence-electron chi connectivity index (χ4n) is 1.54. The van der Waals surface area contributed by atoms with Crippen LogP contribution in [0.5, 0.6) is 0 Å². The summed E-state index contributed by atoms with van der Waals surface area (Å²) < 4.78 is 6.46. The number of aryl methyl sites for hydroxylation is 2. The van der Waals surface area contributed by atoms with E-state index in [9.17, 15) is 4.79 Å². The highest BCUT2D eigenvalue weighted by atomic mass is 32.1. The van der Waals surface area contributed by atoms with Crippen LogP contribution in [0.2, 0.25) is 0 Å². The van der Waals surface area contributed by atoms with Crippen LogP contribution in [0, 0.1) is 6.92 Å². The molecule has 0 fully saturated rings. The second-order valence-corrected chi connectivity index (χ2v) is 4.87. The lowest BCUT2D eigenvalue weighted by atomic mass is 10.4. The highest BCUT2D eigenvalue weighted by molar-refractivity contribution is 7.17. The second-order valence-electron chi connectivity index (χ2n) is 3.87. The normalized spacial score (nSPS) is 10.4. The maximum atomic E-state index is 11.4. The van der Waals surface area contributed by atoms with E-state index in [4.69, 9.17) is 4.74 Å². The molecule has 7 nitrogen and oxygen atoms in total. The van der Waals surface area contributed by atoms with Crippen LogP contribution >= 0.6 is 11.3 Å². The van der Waals surface area contributed by atoms with Crippen LogP contribution < -0.4 is 5.32 Å². The summed E-state index contributed by atoms with van der Waals surface area (Å²) in [6.45, 7) is 3.35. The number of carbonyl (C=O) groups is 1. The van der Waals surface area contributed by atoms with E-state index in [0.29, 0.717) is 10.6 Å². The highest BCUT2D eigenvalue weighted by Crippen LogP contribution is 2.23. The molecule has 2 rings (SSSR count). The van der Waals surface area contributed by atoms with Crippen molar-refractivity contribution in [3.8, 4) is 0 Å². The molecule has 0 saturated carbocycles. The molecule has 0 spiro atoms. The van der Waals surface area contributed by atoms with Crippen LogP contribution in [-0.4, -0.2) is 39.6 Å². The van der Waals surface area contributed by atoms with Crippen LogP contribution in [0.3, 0.4) is 0 Å². The van der Waals surface area contributed by atoms with Gasteiger partial charge in [0.1, 0.15) is 4.88 Å². The first-order chi connectivity index (χ1) is 9.20. The van der Waals surface area contributed by atoms with Gasteiger partial charge in [0.25, 0.3) is 0 Å². The number of rotatable bonds is 6. The van der Waals surface area contributed by atoms with Crippen molar-refractivity contribution in [1.82, 2.24) is 20.0 Å². The molecule has 19 heavy (non-hydrogen) atoms. The number of ether oxygens (including phenoxy) is 1. The third-order valence-corrected chi connectivity index (χ3v) is 3.57. The van der Waals surface area contributed by atoms with Crippen LogP contribution in [-0.2, 0) is 11.3 Å². The quantitative estimate of drug-likeness (QED) is 0.635. The molecular weight excluding hydrogens is 266 g/mol. The zero-order valence-electron chi connectivity index (χ0n) is 10.8. The molecule has 0 atom stereocenters. The number of carbonyl (C=O) groups excluding carboxylic acids is 1. The Bertz CT molecular complexity index is 537. The van der Waals surface area contributed by atoms with Gasteiger partial charge in [0, 0.05) is 19.3 Å². The molecule has 0 aliphatic rings. The van der Waals surface area contributed by atoms with Gasteiger partial charge >= 0.3 is 5.97 Å². The van der Waals surface area contributed by atoms with Gasteiger partial charge in [-0.1, -0.05) is 16.6 Å². The minimum absolute atomic E-state index is 0.342. The van der Waals surface area contributed by atoms with Crippen LogP contribution in [0.4, 0.5) is 5.13 Å². The van der Waals surface area contributed by atoms with E-state index in [0.717, 1.165) is 24.6 Å². The molecule has 0 aliphatic heterocycles. The van der Waals surface area contributed by atoms with E-state index in [1.807, 2.05) is 6.20 Å². The lowest BCUT2D eigenvalue weighted by molar-refractivity contribution is 0.0605. The van der Waals surface area contributed by atoms with Gasteiger partial charge < -0.3 is 10.1 Å². The molecule has 1 N–H and O–H groups in total. The molecule has 2 aromatic heterocycles. The van der Waals surface area contributed by atoms with Gasteiger partial charge in [-0.3, -0.25) is 4.68 Å². The Hall–Kier alpha value is -1.96. The standard InChI is InChI=1S/C11H15N5O2S/c1-8-9(10(17)18-2)19-11(14-8)12-4-3-6-16-7-5-13-15-16/h5,7H,3-4,6H2,1-2H3,(H,12,14). The summed E-state index contributed by atoms with van der Waals surface area (Å²) in [5.41, 5.74) is 0.690. The van der Waals surface area contributed by atoms with E-state index < -0.39 is 0 Å². The number of nitrogens with one attached hydrogen (secondary N) is 1. The second kappa shape index (κ2) is 6.28. The molecule has 2 aromatic rings. The molecule has 0 aromatic carbocycles. The third-order valence-electron chi connectivity index (χ3n) is 2.48. The van der Waals surface area contributed by atoms with Crippen molar-refractivity contribution in [2.75, 3.05) is 19.0 Å². The molecule has 0 bridgehead atoms. The van der Waals surface area contributed by atoms with Gasteiger partial charge in [0.05, 0.1) is 19.0 Å². The molecular formula is C11H15N5O2S. The van der Waals surface area contributed by atoms with Crippen molar-refractivity contribution in [3.05, 3.63) is 23.0 Å². The zero-order chi connectivity index (χ0) is 13.7. The van der Waals surface area contributed by atoms with Gasteiger partial charge in [0.15, 0.2) is 5.13 Å². The average molecular weight is 281 g/mol. The molecule has 2 heterocycles. The Balaban J connectivity index is 1.81. The van der Waals surface area contributed by atoms with Gasteiger partial charge in [-0.25, -0.2) is 9.78 Å². The van der Waals surface area contributed by atoms with E-state index in [-0.39, 0.29) is 5.97 Å². The summed E-state index contributed by atoms with van der Waals surface area (Å²) in [4.78, 5) is 16.3. The monoisotopic (exact) mass is 281 g/mol. The van der Waals surface area contributed by atoms with Crippen molar-refractivity contribution in [1.29, 1.82) is 0 Å². The average Bonchev–Trinajstić information content (AvgIpc) is 3.03. The third kappa shape index (κ3) is 3.50. The largest absolute Gasteiger partial charge is 0.465 e. The summed E-state index contributed by atoms with van der Waals surface area (Å²) in [5.74, 6) is -0.342. The van der Waals surface area contributed by atoms with Crippen LogP contribution in [0.15, 0.2) is 12.4 Å². The molecule has 102 valence electrons. The number of anilines is 1. The lowest BCUT2D eigenvalue weighted by Gasteiger charge is -2.02. The summed E-state index contributed by atoms with van der Waals surface area (Å²) in [5, 5.41) is 11.5. The number of nitrogens with zero attached hydrogens (tertiary/aromatic N) is 4. The summed E-state index contributed by atoms with van der Waals surface area (Å²) in [6.07, 6.45) is 4.37. The maximum absolute atomic E-state index is 11.4. The Morgan fingerprint density at radius 3 is 3.11 bits per heavy atom. The first-order valence-electron chi connectivity index (χ1n) is 5.84. The minimum Gasteiger partial charge on any atom is -0.465 e. The zero-order valence-corrected chi connectivity index (χ0v) is 11.6. The SMILES string of the molecule is COC(=O)c1sc(NCCCn2ccnn2)nc1C. The summed E-state index contributed by atoms with van der Waals surface area (Å²) >= 11 is 1.31. The van der Waals surface area contributed by atoms with Crippen molar-refractivity contribution in [2.24, 2.45) is 0 Å². The lowest BCUT2D eigenvalue weighted by Crippen LogP contribution is -2.07. The van der Waals surface area contributed by atoms with E-state index >= 15 is 0 Å². The molecule has 0 unspecified atom stereocenters. The summed E-state index contributed by atoms with van der Waals surface area (Å²) in [7, 11) is 1.37. The maximum Gasteiger partial charge on any atom is 0.350 e. The molecule has 0 radical (unpaired) electrons. The van der Waals surface area contributed by atoms with Crippen LogP contribution in [0.1, 0.15) is 21.8 Å². The first kappa shape index (κ1) is 13.5. The summed E-state index contributed by atoms with van der Waals surface area (Å²) in [6, 6.07) is 0. The number of thiazole rings is 1. The van der Waals surface area contributed by atoms with Gasteiger partial charge in [0.2, 0.25) is 0 Å². The Labute approximate surface area is 114 Å². The topological polar surface area (TPSA) is 81.9 Å². The van der Waals surface area contributed by atoms with Crippen molar-refractivity contribution in [3.63, 3.8) is 0 Å². The minimum atomic E-state index is -0.342. The predicted molar refractivity (Wildman–Crippen MR) is 71.3 cm³/mol. The van der Waals surface area contributed by atoms with Gasteiger partial charge in [-0.05, 0) is 13.3 Å². The first-order valence-corrected chi connectivity index (χ1v) is 6.66. The Morgan fingerprint density at radius 1 is 1.58 bits per heavy atom. The van der Waals surface area contributed by atoms with Gasteiger partial charge in [-0.15, -0.1) is 5.10 Å². The number of methoxy groups -OCH3 is 1. The van der Waals surface area contributed by atoms with Crippen molar-refractivity contribution < 1.29 is 9.53 Å². The van der Waals surface area contributed by atoms with Crippen LogP contribution in [0.25, 0.3) is 0 Å². The number of hydrogen-bond donors (Lipinski definition) is 1. The smallest absolute Gasteiger partial charge is 0.350 e. The molecule has 0 saturated heterocycles. The van der Waals surface area contributed by atoms with E-state index in [2.05, 4.69) is 20.6 Å². The van der Waals surface area contributed by atoms with E-state index in [1.165, 1.54) is 18.4 Å². The number of aromatic nitrogens is 4. The number of esters is 1. The molecule has 0 aliphatic carbocycles. The van der Waals surface area contributed by atoms with Crippen molar-refractivity contribution >= 4 is 22.4 Å². The van der Waals surface area contributed by atoms with Gasteiger partial charge in [-0.2, -0.15) is 0 Å². The predicted octanol–water partition coefficient (Wildman–Crippen LogP) is 1.33. The number of hydrogen-bond acceptors (Lipinski definition) is 7.